The highest BCUT2D eigenvalue weighted by Gasteiger charge is 2.16. The second-order valence-corrected chi connectivity index (χ2v) is 4.94. The summed E-state index contributed by atoms with van der Waals surface area (Å²) in [6.45, 7) is 1.57. The number of nitrogens with one attached hydrogen (secondary N) is 1. The van der Waals surface area contributed by atoms with Crippen LogP contribution in [0.4, 0.5) is 0 Å². The molecule has 110 valence electrons. The maximum Gasteiger partial charge on any atom is 0.308 e. The van der Waals surface area contributed by atoms with Crippen molar-refractivity contribution in [2.45, 2.75) is 6.92 Å². The SMILES string of the molecule is COc1cc(C(=O)NC[C@@H](C)C(=O)O)cc(OC)c1Br. The number of ether oxygens (including phenoxy) is 2. The van der Waals surface area contributed by atoms with Crippen molar-refractivity contribution < 1.29 is 24.2 Å². The molecule has 1 atom stereocenters. The molecule has 0 aromatic heterocycles. The van der Waals surface area contributed by atoms with Gasteiger partial charge in [0.15, 0.2) is 0 Å². The van der Waals surface area contributed by atoms with Gasteiger partial charge in [-0.05, 0) is 28.1 Å². The van der Waals surface area contributed by atoms with Crippen LogP contribution in [0, 0.1) is 5.92 Å². The quantitative estimate of drug-likeness (QED) is 0.822. The van der Waals surface area contributed by atoms with E-state index >= 15 is 0 Å². The van der Waals surface area contributed by atoms with Crippen LogP contribution in [-0.2, 0) is 4.79 Å². The Kier molecular flexibility index (Phi) is 5.82. The monoisotopic (exact) mass is 345 g/mol. The van der Waals surface area contributed by atoms with Gasteiger partial charge in [-0.25, -0.2) is 0 Å². The molecule has 0 bridgehead atoms. The van der Waals surface area contributed by atoms with E-state index in [4.69, 9.17) is 14.6 Å². The predicted molar refractivity (Wildman–Crippen MR) is 76.4 cm³/mol. The minimum atomic E-state index is -0.962. The van der Waals surface area contributed by atoms with Gasteiger partial charge in [0.25, 0.3) is 5.91 Å². The number of amides is 1. The van der Waals surface area contributed by atoms with Gasteiger partial charge in [0, 0.05) is 12.1 Å². The molecule has 0 aliphatic heterocycles. The summed E-state index contributed by atoms with van der Waals surface area (Å²) in [6.07, 6.45) is 0. The van der Waals surface area contributed by atoms with Gasteiger partial charge in [0.2, 0.25) is 0 Å². The van der Waals surface area contributed by atoms with Crippen molar-refractivity contribution in [2.75, 3.05) is 20.8 Å². The van der Waals surface area contributed by atoms with Gasteiger partial charge in [-0.1, -0.05) is 6.92 Å². The van der Waals surface area contributed by atoms with Crippen molar-refractivity contribution in [3.63, 3.8) is 0 Å². The van der Waals surface area contributed by atoms with E-state index in [1.807, 2.05) is 0 Å². The van der Waals surface area contributed by atoms with Gasteiger partial charge in [-0.2, -0.15) is 0 Å². The van der Waals surface area contributed by atoms with Crippen LogP contribution in [0.2, 0.25) is 0 Å². The number of aliphatic carboxylic acids is 1. The fourth-order valence-corrected chi connectivity index (χ4v) is 1.99. The number of halogens is 1. The molecule has 0 heterocycles. The maximum atomic E-state index is 12.0. The molecule has 0 unspecified atom stereocenters. The zero-order chi connectivity index (χ0) is 15.3. The molecular formula is C13H16BrNO5. The zero-order valence-corrected chi connectivity index (χ0v) is 13.0. The molecule has 0 saturated carbocycles. The Labute approximate surface area is 125 Å². The summed E-state index contributed by atoms with van der Waals surface area (Å²) in [5, 5.41) is 11.3. The summed E-state index contributed by atoms with van der Waals surface area (Å²) >= 11 is 3.31. The topological polar surface area (TPSA) is 84.9 Å². The standard InChI is InChI=1S/C13H16BrNO5/c1-7(13(17)18)6-15-12(16)8-4-9(19-2)11(14)10(5-8)20-3/h4-5,7H,6H2,1-3H3,(H,15,16)(H,17,18)/t7-/m1/s1. The Bertz CT molecular complexity index is 492. The Morgan fingerprint density at radius 3 is 2.20 bits per heavy atom. The van der Waals surface area contributed by atoms with Crippen LogP contribution in [0.3, 0.4) is 0 Å². The lowest BCUT2D eigenvalue weighted by Gasteiger charge is -2.12. The first-order valence-electron chi connectivity index (χ1n) is 5.83. The molecule has 1 amide bonds. The van der Waals surface area contributed by atoms with Crippen LogP contribution in [0.5, 0.6) is 11.5 Å². The zero-order valence-electron chi connectivity index (χ0n) is 11.4. The van der Waals surface area contributed by atoms with Crippen LogP contribution < -0.4 is 14.8 Å². The molecule has 2 N–H and O–H groups in total. The third-order valence-electron chi connectivity index (χ3n) is 2.70. The number of hydrogen-bond acceptors (Lipinski definition) is 4. The Balaban J connectivity index is 2.90. The Hall–Kier alpha value is -1.76. The molecule has 20 heavy (non-hydrogen) atoms. The minimum Gasteiger partial charge on any atom is -0.495 e. The molecule has 6 nitrogen and oxygen atoms in total. The van der Waals surface area contributed by atoms with Crippen LogP contribution >= 0.6 is 15.9 Å². The minimum absolute atomic E-state index is 0.0505. The van der Waals surface area contributed by atoms with E-state index in [2.05, 4.69) is 21.2 Å². The molecule has 0 spiro atoms. The second-order valence-electron chi connectivity index (χ2n) is 4.14. The lowest BCUT2D eigenvalue weighted by Crippen LogP contribution is -2.31. The molecule has 7 heteroatoms. The number of methoxy groups -OCH3 is 2. The van der Waals surface area contributed by atoms with Gasteiger partial charge >= 0.3 is 5.97 Å². The first-order chi connectivity index (χ1) is 9.40. The van der Waals surface area contributed by atoms with Gasteiger partial charge < -0.3 is 19.9 Å². The van der Waals surface area contributed by atoms with Crippen LogP contribution in [0.15, 0.2) is 16.6 Å². The van der Waals surface area contributed by atoms with E-state index in [9.17, 15) is 9.59 Å². The molecule has 1 rings (SSSR count). The number of hydrogen-bond donors (Lipinski definition) is 2. The summed E-state index contributed by atoms with van der Waals surface area (Å²) in [7, 11) is 2.96. The molecule has 0 saturated heterocycles. The van der Waals surface area contributed by atoms with Crippen LogP contribution in [-0.4, -0.2) is 37.7 Å². The molecule has 0 aliphatic rings. The van der Waals surface area contributed by atoms with E-state index in [1.54, 1.807) is 12.1 Å². The lowest BCUT2D eigenvalue weighted by atomic mass is 10.1. The van der Waals surface area contributed by atoms with Crippen molar-refractivity contribution >= 4 is 27.8 Å². The van der Waals surface area contributed by atoms with E-state index in [0.717, 1.165) is 0 Å². The molecule has 0 fully saturated rings. The van der Waals surface area contributed by atoms with Crippen molar-refractivity contribution in [3.05, 3.63) is 22.2 Å². The first kappa shape index (κ1) is 16.3. The average molecular weight is 346 g/mol. The summed E-state index contributed by atoms with van der Waals surface area (Å²) in [5.74, 6) is -1.08. The smallest absolute Gasteiger partial charge is 0.308 e. The molecular weight excluding hydrogens is 330 g/mol. The number of rotatable bonds is 6. The van der Waals surface area contributed by atoms with E-state index in [-0.39, 0.29) is 12.5 Å². The Morgan fingerprint density at radius 1 is 1.30 bits per heavy atom. The van der Waals surface area contributed by atoms with Gasteiger partial charge in [0.1, 0.15) is 16.0 Å². The molecule has 1 aromatic rings. The van der Waals surface area contributed by atoms with E-state index in [1.165, 1.54) is 21.1 Å². The number of carboxylic acids is 1. The fourth-order valence-electron chi connectivity index (χ4n) is 1.44. The second kappa shape index (κ2) is 7.14. The van der Waals surface area contributed by atoms with Gasteiger partial charge in [-0.15, -0.1) is 0 Å². The maximum absolute atomic E-state index is 12.0. The van der Waals surface area contributed by atoms with Crippen LogP contribution in [0.25, 0.3) is 0 Å². The number of benzene rings is 1. The Morgan fingerprint density at radius 2 is 1.80 bits per heavy atom. The third kappa shape index (κ3) is 3.86. The predicted octanol–water partition coefficient (Wildman–Crippen LogP) is 1.92. The van der Waals surface area contributed by atoms with Gasteiger partial charge in [-0.3, -0.25) is 9.59 Å². The lowest BCUT2D eigenvalue weighted by molar-refractivity contribution is -0.140. The van der Waals surface area contributed by atoms with Crippen LogP contribution in [0.1, 0.15) is 17.3 Å². The normalized spacial score (nSPS) is 11.6. The average Bonchev–Trinajstić information content (AvgIpc) is 2.44. The van der Waals surface area contributed by atoms with E-state index in [0.29, 0.717) is 21.5 Å². The number of carboxylic acid groups (broad SMARTS) is 1. The van der Waals surface area contributed by atoms with Crippen molar-refractivity contribution in [1.82, 2.24) is 5.32 Å². The highest BCUT2D eigenvalue weighted by atomic mass is 79.9. The first-order valence-corrected chi connectivity index (χ1v) is 6.62. The summed E-state index contributed by atoms with van der Waals surface area (Å²) in [5.41, 5.74) is 0.333. The largest absolute Gasteiger partial charge is 0.495 e. The van der Waals surface area contributed by atoms with Gasteiger partial charge in [0.05, 0.1) is 20.1 Å². The summed E-state index contributed by atoms with van der Waals surface area (Å²) in [4.78, 5) is 22.7. The fraction of sp³-hybridized carbons (Fsp3) is 0.385. The highest BCUT2D eigenvalue weighted by Crippen LogP contribution is 2.35. The number of carbonyl (C=O) groups excluding carboxylic acids is 1. The molecule has 0 aliphatic carbocycles. The number of carbonyl (C=O) groups is 2. The summed E-state index contributed by atoms with van der Waals surface area (Å²) in [6, 6.07) is 3.10. The van der Waals surface area contributed by atoms with Crippen molar-refractivity contribution in [1.29, 1.82) is 0 Å². The molecule has 0 radical (unpaired) electrons. The van der Waals surface area contributed by atoms with Crippen molar-refractivity contribution in [2.24, 2.45) is 5.92 Å². The molecule has 1 aromatic carbocycles. The van der Waals surface area contributed by atoms with Crippen molar-refractivity contribution in [3.8, 4) is 11.5 Å². The third-order valence-corrected chi connectivity index (χ3v) is 3.48. The van der Waals surface area contributed by atoms with E-state index < -0.39 is 11.9 Å². The highest BCUT2D eigenvalue weighted by molar-refractivity contribution is 9.10. The summed E-state index contributed by atoms with van der Waals surface area (Å²) < 4.78 is 10.9.